The Bertz CT molecular complexity index is 771. The summed E-state index contributed by atoms with van der Waals surface area (Å²) in [6.45, 7) is 0. The molecule has 0 radical (unpaired) electrons. The van der Waals surface area contributed by atoms with Crippen molar-refractivity contribution in [2.45, 2.75) is 0 Å². The van der Waals surface area contributed by atoms with Gasteiger partial charge in [-0.3, -0.25) is 9.78 Å². The lowest BCUT2D eigenvalue weighted by molar-refractivity contribution is 0.102. The summed E-state index contributed by atoms with van der Waals surface area (Å²) in [5.74, 6) is -0.177. The van der Waals surface area contributed by atoms with Crippen LogP contribution < -0.4 is 5.32 Å². The molecule has 0 saturated heterocycles. The quantitative estimate of drug-likeness (QED) is 0.551. The van der Waals surface area contributed by atoms with Crippen LogP contribution in [0.3, 0.4) is 0 Å². The Morgan fingerprint density at radius 3 is 2.80 bits per heavy atom. The van der Waals surface area contributed by atoms with E-state index in [1.165, 1.54) is 0 Å². The molecule has 0 spiro atoms. The number of pyridine rings is 2. The summed E-state index contributed by atoms with van der Waals surface area (Å²) < 4.78 is 0.856. The van der Waals surface area contributed by atoms with Crippen molar-refractivity contribution in [3.8, 4) is 0 Å². The molecule has 3 aromatic rings. The number of rotatable bonds is 2. The fraction of sp³-hybridized carbons (Fsp3) is 0. The molecule has 0 atom stereocenters. The minimum absolute atomic E-state index is 0.177. The first-order valence-electron chi connectivity index (χ1n) is 6.00. The summed E-state index contributed by atoms with van der Waals surface area (Å²) in [4.78, 5) is 20.5. The molecule has 0 aliphatic carbocycles. The van der Waals surface area contributed by atoms with Gasteiger partial charge in [0.25, 0.3) is 5.91 Å². The highest BCUT2D eigenvalue weighted by Crippen LogP contribution is 2.17. The fourth-order valence-corrected chi connectivity index (χ4v) is 2.18. The first-order chi connectivity index (χ1) is 9.72. The van der Waals surface area contributed by atoms with E-state index in [0.717, 1.165) is 20.3 Å². The topological polar surface area (TPSA) is 54.9 Å². The number of halogens is 1. The largest absolute Gasteiger partial charge is 0.322 e. The molecule has 1 aromatic carbocycles. The second kappa shape index (κ2) is 5.54. The molecule has 5 heteroatoms. The average molecular weight is 375 g/mol. The first kappa shape index (κ1) is 13.0. The van der Waals surface area contributed by atoms with E-state index in [2.05, 4.69) is 37.9 Å². The van der Waals surface area contributed by atoms with Crippen LogP contribution in [-0.4, -0.2) is 15.9 Å². The van der Waals surface area contributed by atoms with Gasteiger partial charge < -0.3 is 5.32 Å². The minimum Gasteiger partial charge on any atom is -0.322 e. The number of fused-ring (bicyclic) bond motifs is 1. The average Bonchev–Trinajstić information content (AvgIpc) is 2.48. The number of amides is 1. The zero-order valence-corrected chi connectivity index (χ0v) is 12.5. The van der Waals surface area contributed by atoms with Gasteiger partial charge in [-0.25, -0.2) is 4.98 Å². The molecule has 2 heterocycles. The fourth-order valence-electron chi connectivity index (χ4n) is 1.86. The Labute approximate surface area is 129 Å². The molecule has 0 saturated carbocycles. The van der Waals surface area contributed by atoms with E-state index >= 15 is 0 Å². The van der Waals surface area contributed by atoms with Gasteiger partial charge in [0, 0.05) is 23.5 Å². The lowest BCUT2D eigenvalue weighted by Crippen LogP contribution is -2.12. The number of carbonyl (C=O) groups excluding carboxylic acids is 1. The van der Waals surface area contributed by atoms with Gasteiger partial charge in [-0.05, 0) is 52.9 Å². The third-order valence-corrected chi connectivity index (χ3v) is 3.49. The molecule has 0 aliphatic rings. The Kier molecular flexibility index (Phi) is 3.60. The summed E-state index contributed by atoms with van der Waals surface area (Å²) >= 11 is 2.10. The van der Waals surface area contributed by atoms with Crippen molar-refractivity contribution in [1.29, 1.82) is 0 Å². The summed E-state index contributed by atoms with van der Waals surface area (Å²) in [5.41, 5.74) is 2.11. The van der Waals surface area contributed by atoms with Gasteiger partial charge in [0.05, 0.1) is 11.1 Å². The number of nitrogens with one attached hydrogen (secondary N) is 1. The second-order valence-corrected chi connectivity index (χ2v) is 5.34. The van der Waals surface area contributed by atoms with Gasteiger partial charge in [0.2, 0.25) is 0 Å². The molecular weight excluding hydrogens is 365 g/mol. The zero-order valence-electron chi connectivity index (χ0n) is 10.4. The monoisotopic (exact) mass is 375 g/mol. The number of nitrogens with zero attached hydrogens (tertiary/aromatic N) is 2. The number of aromatic nitrogens is 2. The van der Waals surface area contributed by atoms with Crippen molar-refractivity contribution in [1.82, 2.24) is 9.97 Å². The number of carbonyl (C=O) groups is 1. The maximum atomic E-state index is 12.1. The lowest BCUT2D eigenvalue weighted by atomic mass is 10.2. The molecule has 2 aromatic heterocycles. The van der Waals surface area contributed by atoms with Gasteiger partial charge in [-0.1, -0.05) is 12.1 Å². The Morgan fingerprint density at radius 1 is 1.10 bits per heavy atom. The van der Waals surface area contributed by atoms with Crippen LogP contribution in [0.15, 0.2) is 54.9 Å². The molecule has 0 fully saturated rings. The molecule has 98 valence electrons. The molecule has 1 N–H and O–H groups in total. The molecule has 0 unspecified atom stereocenters. The van der Waals surface area contributed by atoms with Crippen molar-refractivity contribution < 1.29 is 4.79 Å². The third kappa shape index (κ3) is 2.77. The highest BCUT2D eigenvalue weighted by atomic mass is 127. The van der Waals surface area contributed by atoms with Crippen molar-refractivity contribution in [2.24, 2.45) is 0 Å². The van der Waals surface area contributed by atoms with Crippen LogP contribution in [0.2, 0.25) is 0 Å². The Morgan fingerprint density at radius 2 is 2.00 bits per heavy atom. The lowest BCUT2D eigenvalue weighted by Gasteiger charge is -2.06. The van der Waals surface area contributed by atoms with Crippen LogP contribution in [0.5, 0.6) is 0 Å². The smallest absolute Gasteiger partial charge is 0.257 e. The van der Waals surface area contributed by atoms with Gasteiger partial charge in [-0.2, -0.15) is 0 Å². The number of hydrogen-bond acceptors (Lipinski definition) is 3. The highest BCUT2D eigenvalue weighted by molar-refractivity contribution is 14.1. The molecule has 3 rings (SSSR count). The maximum absolute atomic E-state index is 12.1. The number of benzene rings is 1. The van der Waals surface area contributed by atoms with E-state index in [1.807, 2.05) is 30.3 Å². The Balaban J connectivity index is 1.85. The Hall–Kier alpha value is -2.02. The molecule has 4 nitrogen and oxygen atoms in total. The number of anilines is 1. The molecule has 0 aliphatic heterocycles. The molecular formula is C15H10IN3O. The van der Waals surface area contributed by atoms with E-state index in [1.54, 1.807) is 24.5 Å². The predicted octanol–water partition coefficient (Wildman–Crippen LogP) is 3.49. The van der Waals surface area contributed by atoms with Crippen molar-refractivity contribution in [3.05, 3.63) is 64.1 Å². The van der Waals surface area contributed by atoms with E-state index < -0.39 is 0 Å². The summed E-state index contributed by atoms with van der Waals surface area (Å²) in [7, 11) is 0. The van der Waals surface area contributed by atoms with Crippen LogP contribution >= 0.6 is 22.6 Å². The summed E-state index contributed by atoms with van der Waals surface area (Å²) in [6.07, 6.45) is 3.30. The minimum atomic E-state index is -0.177. The van der Waals surface area contributed by atoms with Crippen molar-refractivity contribution in [2.75, 3.05) is 5.32 Å². The van der Waals surface area contributed by atoms with Crippen molar-refractivity contribution >= 4 is 45.1 Å². The molecule has 1 amide bonds. The highest BCUT2D eigenvalue weighted by Gasteiger charge is 2.07. The van der Waals surface area contributed by atoms with E-state index in [4.69, 9.17) is 0 Å². The van der Waals surface area contributed by atoms with Gasteiger partial charge in [0.1, 0.15) is 3.70 Å². The van der Waals surface area contributed by atoms with Crippen LogP contribution in [0.25, 0.3) is 10.9 Å². The molecule has 0 bridgehead atoms. The molecule has 20 heavy (non-hydrogen) atoms. The normalized spacial score (nSPS) is 10.4. The standard InChI is InChI=1S/C15H10IN3O/c16-14-6-4-11(9-18-14)15(20)19-12-5-3-10-2-1-7-17-13(10)8-12/h1-9H,(H,19,20). The van der Waals surface area contributed by atoms with Gasteiger partial charge in [0.15, 0.2) is 0 Å². The first-order valence-corrected chi connectivity index (χ1v) is 7.08. The van der Waals surface area contributed by atoms with E-state index in [0.29, 0.717) is 5.56 Å². The van der Waals surface area contributed by atoms with Gasteiger partial charge in [-0.15, -0.1) is 0 Å². The van der Waals surface area contributed by atoms with Crippen LogP contribution in [0, 0.1) is 3.70 Å². The maximum Gasteiger partial charge on any atom is 0.257 e. The van der Waals surface area contributed by atoms with Gasteiger partial charge >= 0.3 is 0 Å². The van der Waals surface area contributed by atoms with Crippen LogP contribution in [-0.2, 0) is 0 Å². The van der Waals surface area contributed by atoms with Crippen LogP contribution in [0.4, 0.5) is 5.69 Å². The van der Waals surface area contributed by atoms with E-state index in [9.17, 15) is 4.79 Å². The van der Waals surface area contributed by atoms with Crippen molar-refractivity contribution in [3.63, 3.8) is 0 Å². The SMILES string of the molecule is O=C(Nc1ccc2cccnc2c1)c1ccc(I)nc1. The van der Waals surface area contributed by atoms with Crippen LogP contribution in [0.1, 0.15) is 10.4 Å². The zero-order chi connectivity index (χ0) is 13.9. The third-order valence-electron chi connectivity index (χ3n) is 2.85. The predicted molar refractivity (Wildman–Crippen MR) is 86.7 cm³/mol. The summed E-state index contributed by atoms with van der Waals surface area (Å²) in [5, 5.41) is 3.89. The summed E-state index contributed by atoms with van der Waals surface area (Å²) in [6, 6.07) is 13.1. The number of hydrogen-bond donors (Lipinski definition) is 1. The second-order valence-electron chi connectivity index (χ2n) is 4.23. The van der Waals surface area contributed by atoms with E-state index in [-0.39, 0.29) is 5.91 Å².